The summed E-state index contributed by atoms with van der Waals surface area (Å²) in [6, 6.07) is 5.67. The van der Waals surface area contributed by atoms with E-state index < -0.39 is 0 Å². The maximum Gasteiger partial charge on any atom is 0.236 e. The van der Waals surface area contributed by atoms with Crippen molar-refractivity contribution < 1.29 is 42.2 Å². The average Bonchev–Trinajstić information content (AvgIpc) is 2.44. The standard InChI is InChI=1S/C15H14Br2NO2.Y/c1-3-8-20-10-4-5-11(13(17)9-10)14-7-6-12(16)15(19)18(14)2;/h3-5,9,12H,1,6,8H2,2H3;/q-1;. The third kappa shape index (κ3) is 4.50. The summed E-state index contributed by atoms with van der Waals surface area (Å²) in [7, 11) is 1.76. The molecule has 1 aromatic rings. The topological polar surface area (TPSA) is 29.5 Å². The zero-order valence-electron chi connectivity index (χ0n) is 11.6. The first kappa shape index (κ1) is 19.1. The fourth-order valence-electron chi connectivity index (χ4n) is 1.92. The summed E-state index contributed by atoms with van der Waals surface area (Å²) in [5, 5.41) is 0. The van der Waals surface area contributed by atoms with E-state index in [9.17, 15) is 4.79 Å². The van der Waals surface area contributed by atoms with Gasteiger partial charge in [-0.15, -0.1) is 17.3 Å². The van der Waals surface area contributed by atoms with Gasteiger partial charge in [0.1, 0.15) is 12.4 Å². The molecule has 21 heavy (non-hydrogen) atoms. The van der Waals surface area contributed by atoms with E-state index in [-0.39, 0.29) is 43.4 Å². The van der Waals surface area contributed by atoms with Gasteiger partial charge in [-0.05, 0) is 12.1 Å². The first-order valence-corrected chi connectivity index (χ1v) is 7.81. The molecule has 1 radical (unpaired) electrons. The van der Waals surface area contributed by atoms with E-state index in [0.29, 0.717) is 13.0 Å². The minimum atomic E-state index is -0.190. The fraction of sp³-hybridized carbons (Fsp3) is 0.267. The largest absolute Gasteiger partial charge is 0.490 e. The van der Waals surface area contributed by atoms with E-state index in [1.165, 1.54) is 0 Å². The number of nitrogens with zero attached hydrogens (tertiary/aromatic N) is 1. The molecule has 1 amide bonds. The second-order valence-electron chi connectivity index (χ2n) is 4.34. The van der Waals surface area contributed by atoms with Crippen LogP contribution in [-0.4, -0.2) is 29.3 Å². The zero-order chi connectivity index (χ0) is 14.7. The zero-order valence-corrected chi connectivity index (χ0v) is 17.6. The molecule has 1 atom stereocenters. The molecule has 1 aliphatic heterocycles. The summed E-state index contributed by atoms with van der Waals surface area (Å²) >= 11 is 6.87. The van der Waals surface area contributed by atoms with Crippen molar-refractivity contribution >= 4 is 43.5 Å². The molecule has 109 valence electrons. The van der Waals surface area contributed by atoms with Gasteiger partial charge in [0.2, 0.25) is 5.91 Å². The Hall–Kier alpha value is 0.0339. The van der Waals surface area contributed by atoms with Gasteiger partial charge in [-0.3, -0.25) is 4.79 Å². The number of carbonyl (C=O) groups is 1. The van der Waals surface area contributed by atoms with Crippen molar-refractivity contribution in [2.45, 2.75) is 11.2 Å². The molecule has 0 spiro atoms. The van der Waals surface area contributed by atoms with E-state index >= 15 is 0 Å². The van der Waals surface area contributed by atoms with Crippen LogP contribution in [0.1, 0.15) is 12.0 Å². The Morgan fingerprint density at radius 2 is 2.29 bits per heavy atom. The summed E-state index contributed by atoms with van der Waals surface area (Å²) in [6.45, 7) is 4.08. The van der Waals surface area contributed by atoms with Crippen LogP contribution >= 0.6 is 31.9 Å². The Balaban J connectivity index is 0.00000220. The van der Waals surface area contributed by atoms with Gasteiger partial charge in [-0.25, -0.2) is 6.08 Å². The number of hydrogen-bond acceptors (Lipinski definition) is 2. The van der Waals surface area contributed by atoms with Crippen molar-refractivity contribution in [3.05, 3.63) is 47.0 Å². The molecule has 0 aliphatic carbocycles. The molecule has 2 rings (SSSR count). The summed E-state index contributed by atoms with van der Waals surface area (Å²) in [6.07, 6.45) is 5.52. The molecule has 0 bridgehead atoms. The van der Waals surface area contributed by atoms with Crippen LogP contribution in [0.2, 0.25) is 0 Å². The van der Waals surface area contributed by atoms with E-state index in [0.717, 1.165) is 21.5 Å². The molecule has 0 N–H and O–H groups in total. The van der Waals surface area contributed by atoms with Gasteiger partial charge in [0.05, 0.1) is 4.83 Å². The molecule has 1 aliphatic rings. The number of allylic oxidation sites excluding steroid dienone is 1. The van der Waals surface area contributed by atoms with Crippen LogP contribution in [0.25, 0.3) is 5.70 Å². The van der Waals surface area contributed by atoms with E-state index in [1.807, 2.05) is 18.2 Å². The van der Waals surface area contributed by atoms with Crippen molar-refractivity contribution in [2.24, 2.45) is 0 Å². The number of alkyl halides is 1. The number of hydrogen-bond donors (Lipinski definition) is 0. The molecule has 0 fully saturated rings. The van der Waals surface area contributed by atoms with Gasteiger partial charge in [-0.1, -0.05) is 55.4 Å². The minimum absolute atomic E-state index is 0. The van der Waals surface area contributed by atoms with E-state index in [1.54, 1.807) is 18.0 Å². The van der Waals surface area contributed by atoms with Gasteiger partial charge in [0.15, 0.2) is 0 Å². The summed E-state index contributed by atoms with van der Waals surface area (Å²) in [5.41, 5.74) is 1.71. The molecule has 0 saturated heterocycles. The minimum Gasteiger partial charge on any atom is -0.490 e. The number of amides is 1. The van der Waals surface area contributed by atoms with Crippen LogP contribution in [0.4, 0.5) is 0 Å². The molecular formula is C15H14Br2NO2Y-. The smallest absolute Gasteiger partial charge is 0.236 e. The summed E-state index contributed by atoms with van der Waals surface area (Å²) in [5.74, 6) is 0.793. The molecule has 3 nitrogen and oxygen atoms in total. The van der Waals surface area contributed by atoms with Gasteiger partial charge in [0.25, 0.3) is 0 Å². The first-order valence-electron chi connectivity index (χ1n) is 6.10. The second kappa shape index (κ2) is 8.61. The van der Waals surface area contributed by atoms with Gasteiger partial charge < -0.3 is 9.64 Å². The predicted molar refractivity (Wildman–Crippen MR) is 86.6 cm³/mol. The normalized spacial score (nSPS) is 17.9. The summed E-state index contributed by atoms with van der Waals surface area (Å²) < 4.78 is 6.35. The predicted octanol–water partition coefficient (Wildman–Crippen LogP) is 3.78. The molecular weight excluding hydrogens is 475 g/mol. The molecule has 6 heteroatoms. The monoisotopic (exact) mass is 487 g/mol. The van der Waals surface area contributed by atoms with Gasteiger partial charge in [0, 0.05) is 39.8 Å². The van der Waals surface area contributed by atoms with Crippen LogP contribution in [0.3, 0.4) is 0 Å². The number of carbonyl (C=O) groups excluding carboxylic acids is 1. The fourth-order valence-corrected chi connectivity index (χ4v) is 2.94. The SMILES string of the molecule is C=CCOc1ccc(C2=[C-]CC(Br)C(=O)N2C)c(Br)c1.[Y]. The maximum absolute atomic E-state index is 12.0. The van der Waals surface area contributed by atoms with Crippen LogP contribution < -0.4 is 4.74 Å². The third-order valence-corrected chi connectivity index (χ3v) is 4.32. The van der Waals surface area contributed by atoms with Crippen LogP contribution in [-0.2, 0) is 37.5 Å². The van der Waals surface area contributed by atoms with Crippen LogP contribution in [0, 0.1) is 6.08 Å². The van der Waals surface area contributed by atoms with Crippen molar-refractivity contribution in [1.82, 2.24) is 4.90 Å². The van der Waals surface area contributed by atoms with Crippen LogP contribution in [0.5, 0.6) is 5.75 Å². The van der Waals surface area contributed by atoms with Crippen molar-refractivity contribution in [2.75, 3.05) is 13.7 Å². The summed E-state index contributed by atoms with van der Waals surface area (Å²) in [4.78, 5) is 13.4. The first-order chi connectivity index (χ1) is 9.54. The molecule has 0 aromatic heterocycles. The third-order valence-electron chi connectivity index (χ3n) is 2.95. The Bertz CT molecular complexity index is 575. The maximum atomic E-state index is 12.0. The van der Waals surface area contributed by atoms with Crippen molar-refractivity contribution in [3.63, 3.8) is 0 Å². The molecule has 1 unspecified atom stereocenters. The Morgan fingerprint density at radius 1 is 1.57 bits per heavy atom. The molecule has 1 heterocycles. The Kier molecular flexibility index (Phi) is 7.82. The number of rotatable bonds is 4. The number of ether oxygens (including phenoxy) is 1. The Labute approximate surface area is 166 Å². The number of halogens is 2. The molecule has 1 aromatic carbocycles. The quantitative estimate of drug-likeness (QED) is 0.367. The number of benzene rings is 1. The van der Waals surface area contributed by atoms with Gasteiger partial charge >= 0.3 is 0 Å². The second-order valence-corrected chi connectivity index (χ2v) is 6.30. The van der Waals surface area contributed by atoms with E-state index in [4.69, 9.17) is 4.74 Å². The van der Waals surface area contributed by atoms with E-state index in [2.05, 4.69) is 44.5 Å². The average molecular weight is 489 g/mol. The van der Waals surface area contributed by atoms with Crippen molar-refractivity contribution in [3.8, 4) is 5.75 Å². The molecule has 0 saturated carbocycles. The van der Waals surface area contributed by atoms with Crippen molar-refractivity contribution in [1.29, 1.82) is 0 Å². The van der Waals surface area contributed by atoms with Gasteiger partial charge in [-0.2, -0.15) is 0 Å². The van der Waals surface area contributed by atoms with Crippen LogP contribution in [0.15, 0.2) is 35.3 Å². The Morgan fingerprint density at radius 3 is 2.90 bits per heavy atom.